The van der Waals surface area contributed by atoms with Crippen LogP contribution in [0, 0.1) is 23.7 Å². The van der Waals surface area contributed by atoms with Crippen molar-refractivity contribution in [3.63, 3.8) is 0 Å². The van der Waals surface area contributed by atoms with Crippen molar-refractivity contribution in [1.82, 2.24) is 0 Å². The van der Waals surface area contributed by atoms with Crippen molar-refractivity contribution in [2.75, 3.05) is 0 Å². The summed E-state index contributed by atoms with van der Waals surface area (Å²) in [5.41, 5.74) is -0.815. The first-order valence-corrected chi connectivity index (χ1v) is 9.08. The Bertz CT molecular complexity index is 542. The van der Waals surface area contributed by atoms with Crippen LogP contribution in [0.25, 0.3) is 0 Å². The lowest BCUT2D eigenvalue weighted by Crippen LogP contribution is -2.57. The summed E-state index contributed by atoms with van der Waals surface area (Å²) in [6.45, 7) is 11.5. The van der Waals surface area contributed by atoms with Gasteiger partial charge in [-0.3, -0.25) is 9.59 Å². The van der Waals surface area contributed by atoms with Gasteiger partial charge < -0.3 is 14.2 Å². The molecule has 4 fully saturated rings. The van der Waals surface area contributed by atoms with E-state index in [0.717, 1.165) is 12.8 Å². The van der Waals surface area contributed by atoms with Crippen LogP contribution in [0.5, 0.6) is 0 Å². The normalized spacial score (nSPS) is 46.1. The molecule has 0 amide bonds. The third kappa shape index (κ3) is 2.85. The zero-order valence-electron chi connectivity index (χ0n) is 15.6. The van der Waals surface area contributed by atoms with Crippen LogP contribution in [0.2, 0.25) is 0 Å². The molecule has 5 heteroatoms. The molecule has 7 atom stereocenters. The number of hydrogen-bond acceptors (Lipinski definition) is 5. The number of ether oxygens (including phenoxy) is 3. The third-order valence-corrected chi connectivity index (χ3v) is 6.51. The summed E-state index contributed by atoms with van der Waals surface area (Å²) in [6, 6.07) is 0. The van der Waals surface area contributed by atoms with Crippen LogP contribution >= 0.6 is 0 Å². The highest BCUT2D eigenvalue weighted by atomic mass is 16.6. The second-order valence-electron chi connectivity index (χ2n) is 8.76. The van der Waals surface area contributed by atoms with Crippen LogP contribution in [0.15, 0.2) is 0 Å². The van der Waals surface area contributed by atoms with E-state index in [1.165, 1.54) is 13.8 Å². The van der Waals surface area contributed by atoms with E-state index in [0.29, 0.717) is 18.3 Å². The zero-order chi connectivity index (χ0) is 17.9. The van der Waals surface area contributed by atoms with Crippen LogP contribution in [-0.2, 0) is 23.8 Å². The molecule has 24 heavy (non-hydrogen) atoms. The molecular formula is C19H30O5. The molecule has 2 aliphatic carbocycles. The summed E-state index contributed by atoms with van der Waals surface area (Å²) in [5, 5.41) is 0. The first-order valence-electron chi connectivity index (χ1n) is 9.08. The number of hydrogen-bond donors (Lipinski definition) is 0. The summed E-state index contributed by atoms with van der Waals surface area (Å²) in [7, 11) is 0. The summed E-state index contributed by atoms with van der Waals surface area (Å²) in [6.07, 6.45) is 2.26. The summed E-state index contributed by atoms with van der Waals surface area (Å²) < 4.78 is 18.0. The standard InChI is InChI=1S/C19H30O5/c1-10-7-15(22-11(2)20)17-13(10)8-14-16(23-12(3)21)9-19(17,6)24-18(14,4)5/h10,13-17H,7-9H2,1-6H3/t10?,13-,14+,15?,16?,17?,19+/m1/s1. The quantitative estimate of drug-likeness (QED) is 0.724. The summed E-state index contributed by atoms with van der Waals surface area (Å²) in [5.74, 6) is 0.749. The van der Waals surface area contributed by atoms with Gasteiger partial charge in [-0.1, -0.05) is 6.92 Å². The van der Waals surface area contributed by atoms with Gasteiger partial charge in [-0.2, -0.15) is 0 Å². The van der Waals surface area contributed by atoms with Crippen LogP contribution < -0.4 is 0 Å². The second-order valence-corrected chi connectivity index (χ2v) is 8.76. The molecule has 0 aromatic heterocycles. The molecular weight excluding hydrogens is 308 g/mol. The molecule has 2 saturated heterocycles. The van der Waals surface area contributed by atoms with Gasteiger partial charge in [0.1, 0.15) is 12.2 Å². The van der Waals surface area contributed by atoms with Gasteiger partial charge in [0.15, 0.2) is 0 Å². The van der Waals surface area contributed by atoms with Crippen LogP contribution in [-0.4, -0.2) is 35.3 Å². The van der Waals surface area contributed by atoms with Gasteiger partial charge in [-0.25, -0.2) is 0 Å². The molecule has 0 spiro atoms. The first-order chi connectivity index (χ1) is 11.0. The average molecular weight is 338 g/mol. The monoisotopic (exact) mass is 338 g/mol. The van der Waals surface area contributed by atoms with E-state index in [2.05, 4.69) is 27.7 Å². The molecule has 4 rings (SSSR count). The molecule has 0 aromatic rings. The first kappa shape index (κ1) is 17.7. The maximum atomic E-state index is 11.6. The Morgan fingerprint density at radius 1 is 1.00 bits per heavy atom. The van der Waals surface area contributed by atoms with Gasteiger partial charge in [0.2, 0.25) is 0 Å². The fourth-order valence-corrected chi connectivity index (χ4v) is 5.85. The van der Waals surface area contributed by atoms with E-state index < -0.39 is 5.60 Å². The minimum absolute atomic E-state index is 0.113. The van der Waals surface area contributed by atoms with E-state index in [4.69, 9.17) is 14.2 Å². The van der Waals surface area contributed by atoms with Crippen molar-refractivity contribution < 1.29 is 23.8 Å². The number of carbonyl (C=O) groups excluding carboxylic acids is 2. The molecule has 2 aliphatic heterocycles. The maximum Gasteiger partial charge on any atom is 0.302 e. The van der Waals surface area contributed by atoms with Crippen molar-refractivity contribution in [3.05, 3.63) is 0 Å². The summed E-state index contributed by atoms with van der Waals surface area (Å²) >= 11 is 0. The van der Waals surface area contributed by atoms with Crippen LogP contribution in [0.3, 0.4) is 0 Å². The Labute approximate surface area is 144 Å². The minimum atomic E-state index is -0.452. The van der Waals surface area contributed by atoms with Gasteiger partial charge in [0, 0.05) is 32.1 Å². The Balaban J connectivity index is 1.99. The number of fused-ring (bicyclic) bond motifs is 2. The van der Waals surface area contributed by atoms with Gasteiger partial charge in [0.25, 0.3) is 0 Å². The van der Waals surface area contributed by atoms with Crippen molar-refractivity contribution in [3.8, 4) is 0 Å². The van der Waals surface area contributed by atoms with Crippen molar-refractivity contribution in [2.24, 2.45) is 23.7 Å². The maximum absolute atomic E-state index is 11.6. The third-order valence-electron chi connectivity index (χ3n) is 6.51. The molecule has 4 aliphatic rings. The Morgan fingerprint density at radius 3 is 2.17 bits per heavy atom. The largest absolute Gasteiger partial charge is 0.462 e. The number of esters is 2. The zero-order valence-corrected chi connectivity index (χ0v) is 15.6. The molecule has 0 aromatic carbocycles. The highest BCUT2D eigenvalue weighted by Crippen LogP contribution is 2.59. The Morgan fingerprint density at radius 2 is 1.58 bits per heavy atom. The summed E-state index contributed by atoms with van der Waals surface area (Å²) in [4.78, 5) is 23.2. The lowest BCUT2D eigenvalue weighted by atomic mass is 9.76. The van der Waals surface area contributed by atoms with E-state index in [1.807, 2.05) is 0 Å². The number of carbonyl (C=O) groups is 2. The van der Waals surface area contributed by atoms with Crippen molar-refractivity contribution in [1.29, 1.82) is 0 Å². The minimum Gasteiger partial charge on any atom is -0.462 e. The smallest absolute Gasteiger partial charge is 0.302 e. The molecule has 2 heterocycles. The molecule has 0 N–H and O–H groups in total. The van der Waals surface area contributed by atoms with Gasteiger partial charge in [-0.05, 0) is 45.4 Å². The molecule has 4 unspecified atom stereocenters. The van der Waals surface area contributed by atoms with E-state index in [9.17, 15) is 9.59 Å². The van der Waals surface area contributed by atoms with Gasteiger partial charge >= 0.3 is 11.9 Å². The van der Waals surface area contributed by atoms with E-state index >= 15 is 0 Å². The van der Waals surface area contributed by atoms with Gasteiger partial charge in [0.05, 0.1) is 11.2 Å². The van der Waals surface area contributed by atoms with Crippen LogP contribution in [0.4, 0.5) is 0 Å². The predicted octanol–water partition coefficient (Wildman–Crippen LogP) is 3.10. The SMILES string of the molecule is CC(=O)OC1CC(C)[C@H]2C[C@H]3C(OC(C)=O)C[C@](C)(OC3(C)C)C12. The van der Waals surface area contributed by atoms with E-state index in [-0.39, 0.29) is 41.6 Å². The molecule has 0 radical (unpaired) electrons. The van der Waals surface area contributed by atoms with Crippen molar-refractivity contribution in [2.45, 2.75) is 84.2 Å². The Kier molecular flexibility index (Phi) is 4.22. The molecule has 5 nitrogen and oxygen atoms in total. The van der Waals surface area contributed by atoms with Gasteiger partial charge in [-0.15, -0.1) is 0 Å². The second kappa shape index (κ2) is 5.72. The van der Waals surface area contributed by atoms with Crippen LogP contribution in [0.1, 0.15) is 60.8 Å². The molecule has 2 saturated carbocycles. The molecule has 2 bridgehead atoms. The van der Waals surface area contributed by atoms with E-state index in [1.54, 1.807) is 0 Å². The topological polar surface area (TPSA) is 61.8 Å². The lowest BCUT2D eigenvalue weighted by molar-refractivity contribution is -0.244. The highest BCUT2D eigenvalue weighted by molar-refractivity contribution is 5.66. The van der Waals surface area contributed by atoms with Crippen molar-refractivity contribution >= 4 is 11.9 Å². The fraction of sp³-hybridized carbons (Fsp3) is 0.895. The Hall–Kier alpha value is -1.10. The lowest BCUT2D eigenvalue weighted by Gasteiger charge is -2.51. The molecule has 136 valence electrons. The highest BCUT2D eigenvalue weighted by Gasteiger charge is 2.63. The average Bonchev–Trinajstić information content (AvgIpc) is 2.55. The predicted molar refractivity (Wildman–Crippen MR) is 88.2 cm³/mol. The fourth-order valence-electron chi connectivity index (χ4n) is 5.85. The number of rotatable bonds is 2.